The highest BCUT2D eigenvalue weighted by Crippen LogP contribution is 2.22. The summed E-state index contributed by atoms with van der Waals surface area (Å²) in [5.74, 6) is -0.506. The van der Waals surface area contributed by atoms with E-state index in [0.29, 0.717) is 19.5 Å². The van der Waals surface area contributed by atoms with Gasteiger partial charge in [0.1, 0.15) is 12.7 Å². The van der Waals surface area contributed by atoms with E-state index in [1.807, 2.05) is 0 Å². The summed E-state index contributed by atoms with van der Waals surface area (Å²) in [5, 5.41) is 0. The number of epoxide rings is 1. The van der Waals surface area contributed by atoms with Crippen LogP contribution in [0.5, 0.6) is 5.75 Å². The van der Waals surface area contributed by atoms with E-state index in [4.69, 9.17) is 9.47 Å². The van der Waals surface area contributed by atoms with Gasteiger partial charge >= 0.3 is 0 Å². The van der Waals surface area contributed by atoms with E-state index in [1.165, 1.54) is 18.2 Å². The van der Waals surface area contributed by atoms with Crippen LogP contribution < -0.4 is 4.74 Å². The standard InChI is InChI=1S/C10H9FO3/c11-9-3-1-2-7(4-12)10(9)14-6-8-5-13-8/h1-4,8H,5-6H2. The van der Waals surface area contributed by atoms with E-state index in [-0.39, 0.29) is 17.4 Å². The number of halogens is 1. The molecule has 4 heteroatoms. The third-order valence-electron chi connectivity index (χ3n) is 1.94. The summed E-state index contributed by atoms with van der Waals surface area (Å²) >= 11 is 0. The van der Waals surface area contributed by atoms with Crippen molar-refractivity contribution in [3.05, 3.63) is 29.6 Å². The molecule has 1 heterocycles. The third-order valence-corrected chi connectivity index (χ3v) is 1.94. The minimum atomic E-state index is -0.518. The van der Waals surface area contributed by atoms with Gasteiger partial charge in [0, 0.05) is 0 Å². The first-order valence-corrected chi connectivity index (χ1v) is 4.29. The molecule has 1 atom stereocenters. The number of ether oxygens (including phenoxy) is 2. The van der Waals surface area contributed by atoms with Crippen LogP contribution in [0.4, 0.5) is 4.39 Å². The molecular formula is C10H9FO3. The third kappa shape index (κ3) is 1.90. The van der Waals surface area contributed by atoms with Crippen LogP contribution in [0.1, 0.15) is 10.4 Å². The largest absolute Gasteiger partial charge is 0.487 e. The number of aldehydes is 1. The Labute approximate surface area is 80.4 Å². The van der Waals surface area contributed by atoms with Gasteiger partial charge in [-0.05, 0) is 12.1 Å². The minimum absolute atomic E-state index is 0.0120. The zero-order valence-corrected chi connectivity index (χ0v) is 7.40. The summed E-state index contributed by atoms with van der Waals surface area (Å²) in [4.78, 5) is 10.6. The molecule has 0 bridgehead atoms. The minimum Gasteiger partial charge on any atom is -0.487 e. The van der Waals surface area contributed by atoms with Gasteiger partial charge in [-0.25, -0.2) is 4.39 Å². The van der Waals surface area contributed by atoms with E-state index >= 15 is 0 Å². The molecule has 0 aromatic heterocycles. The van der Waals surface area contributed by atoms with Crippen LogP contribution in [-0.4, -0.2) is 25.6 Å². The summed E-state index contributed by atoms with van der Waals surface area (Å²) in [6.45, 7) is 0.937. The molecule has 0 radical (unpaired) electrons. The molecule has 2 rings (SSSR count). The molecule has 1 saturated heterocycles. The Hall–Kier alpha value is -1.42. The topological polar surface area (TPSA) is 38.8 Å². The number of hydrogen-bond donors (Lipinski definition) is 0. The van der Waals surface area contributed by atoms with Crippen LogP contribution in [0, 0.1) is 5.82 Å². The molecule has 0 spiro atoms. The molecule has 1 aromatic rings. The smallest absolute Gasteiger partial charge is 0.165 e. The first-order chi connectivity index (χ1) is 6.81. The molecule has 1 fully saturated rings. The fourth-order valence-corrected chi connectivity index (χ4v) is 1.11. The maximum Gasteiger partial charge on any atom is 0.165 e. The van der Waals surface area contributed by atoms with Gasteiger partial charge in [-0.2, -0.15) is 0 Å². The summed E-state index contributed by atoms with van der Waals surface area (Å²) in [5.41, 5.74) is 0.227. The fraction of sp³-hybridized carbons (Fsp3) is 0.300. The number of hydrogen-bond acceptors (Lipinski definition) is 3. The molecule has 1 aliphatic heterocycles. The first-order valence-electron chi connectivity index (χ1n) is 4.29. The lowest BCUT2D eigenvalue weighted by Crippen LogP contribution is -2.07. The number of rotatable bonds is 4. The Balaban J connectivity index is 2.15. The lowest BCUT2D eigenvalue weighted by Gasteiger charge is -2.07. The molecule has 1 aromatic carbocycles. The highest BCUT2D eigenvalue weighted by atomic mass is 19.1. The average Bonchev–Trinajstić information content (AvgIpc) is 2.99. The molecule has 14 heavy (non-hydrogen) atoms. The highest BCUT2D eigenvalue weighted by Gasteiger charge is 2.24. The van der Waals surface area contributed by atoms with Crippen LogP contribution >= 0.6 is 0 Å². The van der Waals surface area contributed by atoms with Crippen molar-refractivity contribution < 1.29 is 18.7 Å². The zero-order valence-electron chi connectivity index (χ0n) is 7.40. The van der Waals surface area contributed by atoms with Crippen molar-refractivity contribution in [2.45, 2.75) is 6.10 Å². The fourth-order valence-electron chi connectivity index (χ4n) is 1.11. The van der Waals surface area contributed by atoms with Crippen molar-refractivity contribution >= 4 is 6.29 Å². The van der Waals surface area contributed by atoms with E-state index in [9.17, 15) is 9.18 Å². The highest BCUT2D eigenvalue weighted by molar-refractivity contribution is 5.79. The second-order valence-electron chi connectivity index (χ2n) is 3.04. The van der Waals surface area contributed by atoms with Crippen molar-refractivity contribution in [3.63, 3.8) is 0 Å². The van der Waals surface area contributed by atoms with Crippen LogP contribution in [-0.2, 0) is 4.74 Å². The van der Waals surface area contributed by atoms with E-state index < -0.39 is 5.82 Å². The first kappa shape index (κ1) is 9.15. The number of carbonyl (C=O) groups is 1. The van der Waals surface area contributed by atoms with Crippen LogP contribution in [0.2, 0.25) is 0 Å². The predicted octanol–water partition coefficient (Wildman–Crippen LogP) is 1.42. The van der Waals surface area contributed by atoms with Crippen LogP contribution in [0.3, 0.4) is 0 Å². The molecule has 74 valence electrons. The van der Waals surface area contributed by atoms with Gasteiger partial charge in [0.15, 0.2) is 17.9 Å². The van der Waals surface area contributed by atoms with Crippen molar-refractivity contribution in [1.29, 1.82) is 0 Å². The van der Waals surface area contributed by atoms with Crippen LogP contribution in [0.25, 0.3) is 0 Å². The van der Waals surface area contributed by atoms with Gasteiger partial charge in [-0.15, -0.1) is 0 Å². The molecule has 0 aliphatic carbocycles. The second kappa shape index (κ2) is 3.75. The van der Waals surface area contributed by atoms with Gasteiger partial charge < -0.3 is 9.47 Å². The Morgan fingerprint density at radius 1 is 1.64 bits per heavy atom. The van der Waals surface area contributed by atoms with Crippen molar-refractivity contribution in [2.24, 2.45) is 0 Å². The van der Waals surface area contributed by atoms with Crippen molar-refractivity contribution in [1.82, 2.24) is 0 Å². The Bertz CT molecular complexity index is 347. The summed E-state index contributed by atoms with van der Waals surface area (Å²) in [7, 11) is 0. The molecule has 3 nitrogen and oxygen atoms in total. The normalized spacial score (nSPS) is 19.1. The summed E-state index contributed by atoms with van der Waals surface area (Å²) in [6, 6.07) is 4.24. The summed E-state index contributed by atoms with van der Waals surface area (Å²) in [6.07, 6.45) is 0.626. The van der Waals surface area contributed by atoms with Crippen molar-refractivity contribution in [3.8, 4) is 5.75 Å². The molecule has 0 saturated carbocycles. The lowest BCUT2D eigenvalue weighted by molar-refractivity contribution is 0.111. The summed E-state index contributed by atoms with van der Waals surface area (Å²) < 4.78 is 23.2. The van der Waals surface area contributed by atoms with Gasteiger partial charge in [-0.3, -0.25) is 4.79 Å². The second-order valence-corrected chi connectivity index (χ2v) is 3.04. The average molecular weight is 196 g/mol. The Kier molecular flexibility index (Phi) is 2.45. The predicted molar refractivity (Wildman–Crippen MR) is 47.0 cm³/mol. The molecular weight excluding hydrogens is 187 g/mol. The molecule has 0 N–H and O–H groups in total. The number of carbonyl (C=O) groups excluding carboxylic acids is 1. The molecule has 1 unspecified atom stereocenters. The maximum atomic E-state index is 13.2. The monoisotopic (exact) mass is 196 g/mol. The van der Waals surface area contributed by atoms with Gasteiger partial charge in [0.2, 0.25) is 0 Å². The SMILES string of the molecule is O=Cc1cccc(F)c1OCC1CO1. The van der Waals surface area contributed by atoms with Gasteiger partial charge in [-0.1, -0.05) is 6.07 Å². The van der Waals surface area contributed by atoms with Gasteiger partial charge in [0.25, 0.3) is 0 Å². The zero-order chi connectivity index (χ0) is 9.97. The van der Waals surface area contributed by atoms with E-state index in [1.54, 1.807) is 0 Å². The number of para-hydroxylation sites is 1. The molecule has 1 aliphatic rings. The van der Waals surface area contributed by atoms with Crippen LogP contribution in [0.15, 0.2) is 18.2 Å². The Morgan fingerprint density at radius 2 is 2.43 bits per heavy atom. The van der Waals surface area contributed by atoms with E-state index in [2.05, 4.69) is 0 Å². The maximum absolute atomic E-state index is 13.2. The van der Waals surface area contributed by atoms with Crippen molar-refractivity contribution in [2.75, 3.05) is 13.2 Å². The lowest BCUT2D eigenvalue weighted by atomic mass is 10.2. The quantitative estimate of drug-likeness (QED) is 0.540. The number of benzene rings is 1. The van der Waals surface area contributed by atoms with Gasteiger partial charge in [0.05, 0.1) is 12.2 Å². The molecule has 0 amide bonds. The van der Waals surface area contributed by atoms with E-state index in [0.717, 1.165) is 0 Å². The Morgan fingerprint density at radius 3 is 3.07 bits per heavy atom.